The first kappa shape index (κ1) is 5.48. The van der Waals surface area contributed by atoms with Gasteiger partial charge >= 0.3 is 0 Å². The van der Waals surface area contributed by atoms with Crippen LogP contribution in [0.2, 0.25) is 0 Å². The fourth-order valence-electron chi connectivity index (χ4n) is 0.765. The van der Waals surface area contributed by atoms with Gasteiger partial charge in [-0.2, -0.15) is 0 Å². The van der Waals surface area contributed by atoms with Crippen molar-refractivity contribution in [1.29, 1.82) is 0 Å². The third-order valence-electron chi connectivity index (χ3n) is 1.47. The molecule has 0 aliphatic carbocycles. The summed E-state index contributed by atoms with van der Waals surface area (Å²) in [4.78, 5) is 0. The Labute approximate surface area is 50.0 Å². The van der Waals surface area contributed by atoms with E-state index in [2.05, 4.69) is 24.5 Å². The van der Waals surface area contributed by atoms with Gasteiger partial charge in [-0.15, -0.1) is 0 Å². The van der Waals surface area contributed by atoms with Crippen molar-refractivity contribution in [3.05, 3.63) is 11.4 Å². The van der Waals surface area contributed by atoms with Gasteiger partial charge in [-0.05, 0) is 13.8 Å². The number of hydrogen-bond donors (Lipinski definition) is 2. The summed E-state index contributed by atoms with van der Waals surface area (Å²) in [6, 6.07) is 0. The molecule has 1 aliphatic rings. The monoisotopic (exact) mass is 112 g/mol. The molecule has 2 nitrogen and oxygen atoms in total. The summed E-state index contributed by atoms with van der Waals surface area (Å²) in [7, 11) is 0. The molecule has 0 saturated carbocycles. The minimum atomic E-state index is 1.06. The average molecular weight is 112 g/mol. The first-order chi connectivity index (χ1) is 3.80. The second kappa shape index (κ2) is 2.07. The molecule has 1 rings (SSSR count). The van der Waals surface area contributed by atoms with Crippen LogP contribution in [-0.4, -0.2) is 13.1 Å². The molecule has 0 bridgehead atoms. The lowest BCUT2D eigenvalue weighted by Gasteiger charge is -2.18. The van der Waals surface area contributed by atoms with Gasteiger partial charge in [0.2, 0.25) is 0 Å². The quantitative estimate of drug-likeness (QED) is 0.475. The van der Waals surface area contributed by atoms with E-state index in [1.54, 1.807) is 0 Å². The van der Waals surface area contributed by atoms with Crippen molar-refractivity contribution in [3.8, 4) is 0 Å². The van der Waals surface area contributed by atoms with Crippen LogP contribution in [0.3, 0.4) is 0 Å². The van der Waals surface area contributed by atoms with Crippen LogP contribution in [0.5, 0.6) is 0 Å². The van der Waals surface area contributed by atoms with Crippen LogP contribution in [0.15, 0.2) is 11.4 Å². The molecule has 0 radical (unpaired) electrons. The smallest absolute Gasteiger partial charge is 0.0318 e. The maximum absolute atomic E-state index is 3.25. The third-order valence-corrected chi connectivity index (χ3v) is 1.47. The molecular weight excluding hydrogens is 100 g/mol. The van der Waals surface area contributed by atoms with E-state index in [0.717, 1.165) is 13.1 Å². The standard InChI is InChI=1S/C6H12N2/c1-5-6(2)8-4-3-7-5/h7-8H,3-4H2,1-2H3. The molecule has 1 aliphatic heterocycles. The van der Waals surface area contributed by atoms with E-state index in [1.807, 2.05) is 0 Å². The summed E-state index contributed by atoms with van der Waals surface area (Å²) in [5.41, 5.74) is 2.55. The Kier molecular flexibility index (Phi) is 1.42. The van der Waals surface area contributed by atoms with Crippen molar-refractivity contribution in [1.82, 2.24) is 10.6 Å². The van der Waals surface area contributed by atoms with E-state index in [1.165, 1.54) is 11.4 Å². The van der Waals surface area contributed by atoms with Gasteiger partial charge in [0, 0.05) is 24.5 Å². The first-order valence-corrected chi connectivity index (χ1v) is 2.96. The highest BCUT2D eigenvalue weighted by atomic mass is 15.0. The minimum Gasteiger partial charge on any atom is -0.385 e. The zero-order valence-corrected chi connectivity index (χ0v) is 5.41. The van der Waals surface area contributed by atoms with E-state index in [4.69, 9.17) is 0 Å². The molecule has 0 spiro atoms. The highest BCUT2D eigenvalue weighted by molar-refractivity contribution is 5.08. The minimum absolute atomic E-state index is 1.06. The Balaban J connectivity index is 2.60. The topological polar surface area (TPSA) is 24.1 Å². The van der Waals surface area contributed by atoms with Gasteiger partial charge in [-0.1, -0.05) is 0 Å². The molecule has 2 N–H and O–H groups in total. The highest BCUT2D eigenvalue weighted by Crippen LogP contribution is 1.97. The van der Waals surface area contributed by atoms with Gasteiger partial charge < -0.3 is 10.6 Å². The van der Waals surface area contributed by atoms with E-state index >= 15 is 0 Å². The van der Waals surface area contributed by atoms with Crippen LogP contribution >= 0.6 is 0 Å². The molecule has 2 heteroatoms. The molecule has 0 unspecified atom stereocenters. The third kappa shape index (κ3) is 0.941. The van der Waals surface area contributed by atoms with Gasteiger partial charge in [0.1, 0.15) is 0 Å². The molecule has 0 amide bonds. The Bertz CT molecular complexity index is 102. The first-order valence-electron chi connectivity index (χ1n) is 2.96. The maximum Gasteiger partial charge on any atom is 0.0318 e. The summed E-state index contributed by atoms with van der Waals surface area (Å²) < 4.78 is 0. The number of allylic oxidation sites excluding steroid dienone is 2. The van der Waals surface area contributed by atoms with Crippen molar-refractivity contribution >= 4 is 0 Å². The number of nitrogens with one attached hydrogen (secondary N) is 2. The second-order valence-electron chi connectivity index (χ2n) is 2.10. The number of hydrogen-bond acceptors (Lipinski definition) is 2. The summed E-state index contributed by atoms with van der Waals surface area (Å²) in [5.74, 6) is 0. The van der Waals surface area contributed by atoms with Gasteiger partial charge in [-0.25, -0.2) is 0 Å². The molecule has 0 aromatic heterocycles. The molecule has 1 heterocycles. The van der Waals surface area contributed by atoms with E-state index in [0.29, 0.717) is 0 Å². The largest absolute Gasteiger partial charge is 0.385 e. The SMILES string of the molecule is CC1=C(C)NCCN1. The number of rotatable bonds is 0. The van der Waals surface area contributed by atoms with Crippen molar-refractivity contribution in [2.75, 3.05) is 13.1 Å². The van der Waals surface area contributed by atoms with Crippen LogP contribution in [0.1, 0.15) is 13.8 Å². The van der Waals surface area contributed by atoms with E-state index < -0.39 is 0 Å². The fourth-order valence-corrected chi connectivity index (χ4v) is 0.765. The predicted octanol–water partition coefficient (Wildman–Crippen LogP) is 0.431. The molecule has 0 aromatic rings. The summed E-state index contributed by atoms with van der Waals surface area (Å²) >= 11 is 0. The van der Waals surface area contributed by atoms with Crippen LogP contribution < -0.4 is 10.6 Å². The Morgan fingerprint density at radius 1 is 1.00 bits per heavy atom. The van der Waals surface area contributed by atoms with E-state index in [9.17, 15) is 0 Å². The lowest BCUT2D eigenvalue weighted by atomic mass is 10.3. The van der Waals surface area contributed by atoms with Crippen LogP contribution in [-0.2, 0) is 0 Å². The van der Waals surface area contributed by atoms with Gasteiger partial charge in [0.25, 0.3) is 0 Å². The van der Waals surface area contributed by atoms with Crippen molar-refractivity contribution in [2.24, 2.45) is 0 Å². The summed E-state index contributed by atoms with van der Waals surface area (Å²) in [6.07, 6.45) is 0. The summed E-state index contributed by atoms with van der Waals surface area (Å²) in [6.45, 7) is 6.29. The van der Waals surface area contributed by atoms with Crippen molar-refractivity contribution < 1.29 is 0 Å². The molecule has 0 atom stereocenters. The van der Waals surface area contributed by atoms with Crippen molar-refractivity contribution in [3.63, 3.8) is 0 Å². The van der Waals surface area contributed by atoms with Gasteiger partial charge in [0.05, 0.1) is 0 Å². The molecular formula is C6H12N2. The molecule has 0 aromatic carbocycles. The predicted molar refractivity (Wildman–Crippen MR) is 34.4 cm³/mol. The van der Waals surface area contributed by atoms with Crippen LogP contribution in [0.25, 0.3) is 0 Å². The highest BCUT2D eigenvalue weighted by Gasteiger charge is 1.99. The fraction of sp³-hybridized carbons (Fsp3) is 0.667. The normalized spacial score (nSPS) is 19.8. The molecule has 8 heavy (non-hydrogen) atoms. The van der Waals surface area contributed by atoms with Crippen LogP contribution in [0, 0.1) is 0 Å². The lowest BCUT2D eigenvalue weighted by Crippen LogP contribution is -2.33. The summed E-state index contributed by atoms with van der Waals surface area (Å²) in [5, 5.41) is 6.50. The maximum atomic E-state index is 3.25. The molecule has 0 saturated heterocycles. The average Bonchev–Trinajstić information content (AvgIpc) is 1.77. The van der Waals surface area contributed by atoms with Gasteiger partial charge in [-0.3, -0.25) is 0 Å². The lowest BCUT2D eigenvalue weighted by molar-refractivity contribution is 0.650. The van der Waals surface area contributed by atoms with Crippen molar-refractivity contribution in [2.45, 2.75) is 13.8 Å². The second-order valence-corrected chi connectivity index (χ2v) is 2.10. The molecule has 0 fully saturated rings. The Morgan fingerprint density at radius 3 is 1.62 bits per heavy atom. The molecule has 46 valence electrons. The zero-order chi connectivity index (χ0) is 5.98. The zero-order valence-electron chi connectivity index (χ0n) is 5.41. The Morgan fingerprint density at radius 2 is 1.38 bits per heavy atom. The van der Waals surface area contributed by atoms with Gasteiger partial charge in [0.15, 0.2) is 0 Å². The van der Waals surface area contributed by atoms with Crippen LogP contribution in [0.4, 0.5) is 0 Å². The Hall–Kier alpha value is -0.660. The van der Waals surface area contributed by atoms with E-state index in [-0.39, 0.29) is 0 Å².